The standard InChI is InChI=1S/C15H18BrN3O/c1-4-12-15(16)13(19(5-2)18-12)8-14(20)11-6-7-17-9-10(11)3/h6-7,9H,4-5,8H2,1-3H3. The van der Waals surface area contributed by atoms with Gasteiger partial charge in [0.15, 0.2) is 5.78 Å². The number of hydrogen-bond donors (Lipinski definition) is 0. The van der Waals surface area contributed by atoms with Gasteiger partial charge in [0.05, 0.1) is 22.3 Å². The van der Waals surface area contributed by atoms with Crippen molar-refractivity contribution in [2.75, 3.05) is 0 Å². The van der Waals surface area contributed by atoms with Gasteiger partial charge >= 0.3 is 0 Å². The van der Waals surface area contributed by atoms with Gasteiger partial charge in [0.1, 0.15) is 0 Å². The van der Waals surface area contributed by atoms with Crippen LogP contribution in [-0.4, -0.2) is 20.5 Å². The molecule has 0 aromatic carbocycles. The van der Waals surface area contributed by atoms with Gasteiger partial charge in [-0.25, -0.2) is 0 Å². The number of aryl methyl sites for hydroxylation is 3. The van der Waals surface area contributed by atoms with Crippen LogP contribution in [0.5, 0.6) is 0 Å². The summed E-state index contributed by atoms with van der Waals surface area (Å²) in [6.07, 6.45) is 4.58. The molecule has 0 aliphatic heterocycles. The first-order valence-corrected chi connectivity index (χ1v) is 7.55. The molecule has 2 rings (SSSR count). The Hall–Kier alpha value is -1.49. The number of rotatable bonds is 5. The number of halogens is 1. The number of Topliss-reactive ketones (excluding diaryl/α,β-unsaturated/α-hetero) is 1. The van der Waals surface area contributed by atoms with Crippen LogP contribution in [0.1, 0.15) is 41.2 Å². The molecule has 2 aromatic rings. The number of hydrogen-bond acceptors (Lipinski definition) is 3. The zero-order valence-electron chi connectivity index (χ0n) is 12.0. The van der Waals surface area contributed by atoms with Crippen LogP contribution in [0, 0.1) is 6.92 Å². The average molecular weight is 336 g/mol. The van der Waals surface area contributed by atoms with E-state index in [9.17, 15) is 4.79 Å². The predicted octanol–water partition coefficient (Wildman–Crippen LogP) is 3.36. The number of carbonyl (C=O) groups excluding carboxylic acids is 1. The normalized spacial score (nSPS) is 10.8. The SMILES string of the molecule is CCc1nn(CC)c(CC(=O)c2ccncc2C)c1Br. The maximum absolute atomic E-state index is 12.5. The maximum Gasteiger partial charge on any atom is 0.169 e. The average Bonchev–Trinajstić information content (AvgIpc) is 2.75. The van der Waals surface area contributed by atoms with Crippen molar-refractivity contribution in [3.63, 3.8) is 0 Å². The number of ketones is 1. The van der Waals surface area contributed by atoms with Crippen molar-refractivity contribution in [3.8, 4) is 0 Å². The Labute approximate surface area is 127 Å². The summed E-state index contributed by atoms with van der Waals surface area (Å²) in [5.74, 6) is 0.0999. The Morgan fingerprint density at radius 2 is 2.15 bits per heavy atom. The van der Waals surface area contributed by atoms with E-state index in [-0.39, 0.29) is 5.78 Å². The summed E-state index contributed by atoms with van der Waals surface area (Å²) >= 11 is 3.57. The first-order chi connectivity index (χ1) is 9.58. The fraction of sp³-hybridized carbons (Fsp3) is 0.400. The first-order valence-electron chi connectivity index (χ1n) is 6.76. The van der Waals surface area contributed by atoms with E-state index in [1.165, 1.54) is 0 Å². The molecule has 0 atom stereocenters. The molecule has 0 spiro atoms. The zero-order valence-corrected chi connectivity index (χ0v) is 13.6. The first kappa shape index (κ1) is 14.9. The molecule has 2 aromatic heterocycles. The highest BCUT2D eigenvalue weighted by atomic mass is 79.9. The van der Waals surface area contributed by atoms with Gasteiger partial charge in [-0.2, -0.15) is 5.10 Å². The van der Waals surface area contributed by atoms with Gasteiger partial charge in [-0.05, 0) is 47.8 Å². The lowest BCUT2D eigenvalue weighted by atomic mass is 10.0. The molecular weight excluding hydrogens is 318 g/mol. The van der Waals surface area contributed by atoms with E-state index in [1.807, 2.05) is 18.5 Å². The Bertz CT molecular complexity index is 634. The smallest absolute Gasteiger partial charge is 0.169 e. The third kappa shape index (κ3) is 2.82. The molecule has 20 heavy (non-hydrogen) atoms. The number of aromatic nitrogens is 3. The fourth-order valence-electron chi connectivity index (χ4n) is 2.22. The largest absolute Gasteiger partial charge is 0.294 e. The Morgan fingerprint density at radius 3 is 2.75 bits per heavy atom. The van der Waals surface area contributed by atoms with Crippen LogP contribution in [0.15, 0.2) is 22.9 Å². The van der Waals surface area contributed by atoms with Gasteiger partial charge in [0.25, 0.3) is 0 Å². The number of pyridine rings is 1. The maximum atomic E-state index is 12.5. The van der Waals surface area contributed by atoms with E-state index < -0.39 is 0 Å². The molecule has 4 nitrogen and oxygen atoms in total. The number of nitrogens with zero attached hydrogens (tertiary/aromatic N) is 3. The third-order valence-corrected chi connectivity index (χ3v) is 4.26. The van der Waals surface area contributed by atoms with Crippen LogP contribution in [0.2, 0.25) is 0 Å². The minimum Gasteiger partial charge on any atom is -0.294 e. The second kappa shape index (κ2) is 6.31. The molecule has 2 heterocycles. The Morgan fingerprint density at radius 1 is 1.40 bits per heavy atom. The van der Waals surface area contributed by atoms with Crippen molar-refractivity contribution in [1.82, 2.24) is 14.8 Å². The van der Waals surface area contributed by atoms with Crippen molar-refractivity contribution in [3.05, 3.63) is 45.4 Å². The lowest BCUT2D eigenvalue weighted by Gasteiger charge is -2.07. The van der Waals surface area contributed by atoms with Crippen LogP contribution in [0.25, 0.3) is 0 Å². The molecular formula is C15H18BrN3O. The summed E-state index contributed by atoms with van der Waals surface area (Å²) in [6, 6.07) is 1.78. The topological polar surface area (TPSA) is 47.8 Å². The zero-order chi connectivity index (χ0) is 14.7. The van der Waals surface area contributed by atoms with Crippen LogP contribution in [0.4, 0.5) is 0 Å². The highest BCUT2D eigenvalue weighted by molar-refractivity contribution is 9.10. The van der Waals surface area contributed by atoms with E-state index in [0.717, 1.165) is 40.0 Å². The van der Waals surface area contributed by atoms with E-state index in [0.29, 0.717) is 6.42 Å². The molecule has 0 saturated carbocycles. The van der Waals surface area contributed by atoms with Gasteiger partial charge in [-0.1, -0.05) is 6.92 Å². The number of carbonyl (C=O) groups is 1. The second-order valence-electron chi connectivity index (χ2n) is 4.67. The van der Waals surface area contributed by atoms with E-state index in [2.05, 4.69) is 32.9 Å². The second-order valence-corrected chi connectivity index (χ2v) is 5.46. The summed E-state index contributed by atoms with van der Waals surface area (Å²) < 4.78 is 2.86. The van der Waals surface area contributed by atoms with Crippen LogP contribution >= 0.6 is 15.9 Å². The van der Waals surface area contributed by atoms with Gasteiger partial charge in [0.2, 0.25) is 0 Å². The van der Waals surface area contributed by atoms with E-state index >= 15 is 0 Å². The van der Waals surface area contributed by atoms with Crippen LogP contribution in [0.3, 0.4) is 0 Å². The molecule has 0 unspecified atom stereocenters. The summed E-state index contributed by atoms with van der Waals surface area (Å²) in [7, 11) is 0. The molecule has 0 amide bonds. The summed E-state index contributed by atoms with van der Waals surface area (Å²) in [5.41, 5.74) is 3.59. The molecule has 0 aliphatic rings. The van der Waals surface area contributed by atoms with E-state index in [4.69, 9.17) is 0 Å². The van der Waals surface area contributed by atoms with Crippen LogP contribution in [-0.2, 0) is 19.4 Å². The fourth-order valence-corrected chi connectivity index (χ4v) is 2.92. The minimum atomic E-state index is 0.0999. The van der Waals surface area contributed by atoms with E-state index in [1.54, 1.807) is 18.5 Å². The van der Waals surface area contributed by atoms with Crippen molar-refractivity contribution < 1.29 is 4.79 Å². The summed E-state index contributed by atoms with van der Waals surface area (Å²) in [4.78, 5) is 16.5. The minimum absolute atomic E-state index is 0.0999. The third-order valence-electron chi connectivity index (χ3n) is 3.34. The molecule has 5 heteroatoms. The van der Waals surface area contributed by atoms with Crippen molar-refractivity contribution in [1.29, 1.82) is 0 Å². The van der Waals surface area contributed by atoms with Crippen LogP contribution < -0.4 is 0 Å². The van der Waals surface area contributed by atoms with Gasteiger partial charge in [0, 0.05) is 24.5 Å². The molecule has 0 aliphatic carbocycles. The van der Waals surface area contributed by atoms with Gasteiger partial charge in [-0.15, -0.1) is 0 Å². The predicted molar refractivity (Wildman–Crippen MR) is 82.0 cm³/mol. The van der Waals surface area contributed by atoms with Gasteiger partial charge < -0.3 is 0 Å². The van der Waals surface area contributed by atoms with Gasteiger partial charge in [-0.3, -0.25) is 14.5 Å². The molecule has 0 radical (unpaired) electrons. The lowest BCUT2D eigenvalue weighted by molar-refractivity contribution is 0.0989. The quantitative estimate of drug-likeness (QED) is 0.787. The monoisotopic (exact) mass is 335 g/mol. The van der Waals surface area contributed by atoms with Crippen molar-refractivity contribution in [2.24, 2.45) is 0 Å². The lowest BCUT2D eigenvalue weighted by Crippen LogP contribution is -2.11. The Kier molecular flexibility index (Phi) is 4.70. The van der Waals surface area contributed by atoms with Crippen molar-refractivity contribution in [2.45, 2.75) is 40.2 Å². The highest BCUT2D eigenvalue weighted by Gasteiger charge is 2.18. The van der Waals surface area contributed by atoms with Crippen molar-refractivity contribution >= 4 is 21.7 Å². The molecule has 0 N–H and O–H groups in total. The molecule has 0 saturated heterocycles. The summed E-state index contributed by atoms with van der Waals surface area (Å²) in [5, 5.41) is 4.52. The molecule has 106 valence electrons. The molecule has 0 fully saturated rings. The highest BCUT2D eigenvalue weighted by Crippen LogP contribution is 2.24. The summed E-state index contributed by atoms with van der Waals surface area (Å²) in [6.45, 7) is 6.76. The Balaban J connectivity index is 2.33. The molecule has 0 bridgehead atoms.